The minimum absolute atomic E-state index is 0. The van der Waals surface area contributed by atoms with Gasteiger partial charge < -0.3 is 10.3 Å². The van der Waals surface area contributed by atoms with E-state index in [-0.39, 0.29) is 24.5 Å². The minimum Gasteiger partial charge on any atom is -0.325 e. The van der Waals surface area contributed by atoms with Crippen LogP contribution in [0.5, 0.6) is 0 Å². The van der Waals surface area contributed by atoms with Crippen molar-refractivity contribution in [2.24, 2.45) is 11.7 Å². The van der Waals surface area contributed by atoms with Gasteiger partial charge in [0.05, 0.1) is 0 Å². The topological polar surface area (TPSA) is 102 Å². The average Bonchev–Trinajstić information content (AvgIpc) is 3.24. The third-order valence-corrected chi connectivity index (χ3v) is 4.79. The second kappa shape index (κ2) is 8.55. The average molecular weight is 411 g/mol. The molecule has 0 aliphatic carbocycles. The number of halogens is 1. The molecule has 8 heteroatoms. The number of aromatic amines is 1. The predicted molar refractivity (Wildman–Crippen MR) is 117 cm³/mol. The van der Waals surface area contributed by atoms with Crippen LogP contribution >= 0.6 is 12.4 Å². The molecule has 2 aromatic heterocycles. The van der Waals surface area contributed by atoms with Crippen molar-refractivity contribution in [3.05, 3.63) is 64.6 Å². The number of nitrogens with one attached hydrogen (secondary N) is 1. The first kappa shape index (κ1) is 20.7. The Hall–Kier alpha value is -3.03. The van der Waals surface area contributed by atoms with Gasteiger partial charge in [0.25, 0.3) is 5.56 Å². The highest BCUT2D eigenvalue weighted by Crippen LogP contribution is 2.33. The number of fused-ring (bicyclic) bond motifs is 1. The summed E-state index contributed by atoms with van der Waals surface area (Å²) in [6.45, 7) is 5.08. The van der Waals surface area contributed by atoms with Crippen LogP contribution in [0.1, 0.15) is 19.5 Å². The molecule has 0 bridgehead atoms. The zero-order valence-electron chi connectivity index (χ0n) is 16.3. The highest BCUT2D eigenvalue weighted by atomic mass is 35.5. The Labute approximate surface area is 174 Å². The Bertz CT molecular complexity index is 1170. The summed E-state index contributed by atoms with van der Waals surface area (Å²) >= 11 is 0. The van der Waals surface area contributed by atoms with Crippen molar-refractivity contribution in [2.75, 3.05) is 0 Å². The number of nitrogens with two attached hydrogens (primary N) is 1. The molecule has 150 valence electrons. The highest BCUT2D eigenvalue weighted by molar-refractivity contribution is 5.99. The molecular weight excluding hydrogens is 388 g/mol. The maximum absolute atomic E-state index is 13.3. The van der Waals surface area contributed by atoms with Gasteiger partial charge in [0.1, 0.15) is 0 Å². The van der Waals surface area contributed by atoms with Crippen molar-refractivity contribution in [2.45, 2.75) is 26.9 Å². The van der Waals surface area contributed by atoms with E-state index >= 15 is 0 Å². The molecule has 3 N–H and O–H groups in total. The summed E-state index contributed by atoms with van der Waals surface area (Å²) in [6.07, 6.45) is 0. The van der Waals surface area contributed by atoms with Gasteiger partial charge in [-0.05, 0) is 34.2 Å². The zero-order chi connectivity index (χ0) is 19.7. The molecule has 0 radical (unpaired) electrons. The van der Waals surface area contributed by atoms with Crippen LogP contribution in [-0.4, -0.2) is 25.2 Å². The quantitative estimate of drug-likeness (QED) is 0.525. The molecule has 0 unspecified atom stereocenters. The van der Waals surface area contributed by atoms with Crippen LogP contribution in [0.4, 0.5) is 0 Å². The van der Waals surface area contributed by atoms with Crippen LogP contribution in [-0.2, 0) is 13.1 Å². The number of benzene rings is 2. The Morgan fingerprint density at radius 1 is 1.07 bits per heavy atom. The summed E-state index contributed by atoms with van der Waals surface area (Å²) in [4.78, 5) is 13.3. The largest absolute Gasteiger partial charge is 0.325 e. The second-order valence-electron chi connectivity index (χ2n) is 7.20. The van der Waals surface area contributed by atoms with E-state index in [0.717, 1.165) is 27.8 Å². The molecule has 4 rings (SSSR count). The van der Waals surface area contributed by atoms with Crippen molar-refractivity contribution in [3.8, 4) is 22.5 Å². The molecule has 0 fully saturated rings. The summed E-state index contributed by atoms with van der Waals surface area (Å²) in [5, 5.41) is 15.7. The number of aromatic nitrogens is 5. The molecule has 0 saturated heterocycles. The van der Waals surface area contributed by atoms with E-state index in [9.17, 15) is 4.79 Å². The molecule has 0 saturated carbocycles. The molecule has 0 aliphatic heterocycles. The third kappa shape index (κ3) is 3.79. The molecule has 4 aromatic rings. The maximum atomic E-state index is 13.3. The number of H-pyrrole nitrogens is 1. The van der Waals surface area contributed by atoms with E-state index in [0.29, 0.717) is 23.7 Å². The fraction of sp³-hybridized carbons (Fsp3) is 0.238. The predicted octanol–water partition coefficient (Wildman–Crippen LogP) is 3.39. The lowest BCUT2D eigenvalue weighted by Gasteiger charge is -2.20. The summed E-state index contributed by atoms with van der Waals surface area (Å²) in [7, 11) is 0. The molecule has 2 heterocycles. The first-order chi connectivity index (χ1) is 13.6. The molecule has 0 spiro atoms. The number of hydrogen-bond acceptors (Lipinski definition) is 5. The van der Waals surface area contributed by atoms with Gasteiger partial charge in [0.2, 0.25) is 5.82 Å². The van der Waals surface area contributed by atoms with Gasteiger partial charge in [-0.15, -0.1) is 22.6 Å². The Kier molecular flexibility index (Phi) is 6.10. The fourth-order valence-electron chi connectivity index (χ4n) is 3.62. The van der Waals surface area contributed by atoms with Crippen LogP contribution in [0.2, 0.25) is 0 Å². The van der Waals surface area contributed by atoms with Gasteiger partial charge in [-0.25, -0.2) is 0 Å². The summed E-state index contributed by atoms with van der Waals surface area (Å²) in [6, 6.07) is 15.7. The summed E-state index contributed by atoms with van der Waals surface area (Å²) in [5.41, 5.74) is 9.76. The lowest BCUT2D eigenvalue weighted by atomic mass is 9.95. The first-order valence-corrected chi connectivity index (χ1v) is 9.29. The highest BCUT2D eigenvalue weighted by Gasteiger charge is 2.19. The Balaban J connectivity index is 0.00000240. The van der Waals surface area contributed by atoms with Gasteiger partial charge in [0, 0.05) is 35.3 Å². The molecule has 0 atom stereocenters. The third-order valence-electron chi connectivity index (χ3n) is 4.79. The van der Waals surface area contributed by atoms with E-state index in [1.165, 1.54) is 0 Å². The van der Waals surface area contributed by atoms with E-state index in [2.05, 4.69) is 34.5 Å². The van der Waals surface area contributed by atoms with Crippen molar-refractivity contribution in [3.63, 3.8) is 0 Å². The number of hydrogen-bond donors (Lipinski definition) is 2. The van der Waals surface area contributed by atoms with Crippen molar-refractivity contribution in [1.29, 1.82) is 0 Å². The normalized spacial score (nSPS) is 11.0. The minimum atomic E-state index is -0.0245. The van der Waals surface area contributed by atoms with E-state index in [1.54, 1.807) is 0 Å². The standard InChI is InChI=1S/C21H22N6O.ClH/c1-13(2)12-27-18(11-22)19(14-6-4-3-5-7-14)17-10-15(20-23-25-26-24-20)8-9-16(17)21(27)28;/h3-10,13H,11-12,22H2,1-2H3,(H,23,24,25,26);1H. The number of pyridine rings is 1. The molecule has 2 aromatic carbocycles. The van der Waals surface area contributed by atoms with Gasteiger partial charge in [-0.3, -0.25) is 4.79 Å². The lowest BCUT2D eigenvalue weighted by Crippen LogP contribution is -2.28. The van der Waals surface area contributed by atoms with Gasteiger partial charge >= 0.3 is 0 Å². The zero-order valence-corrected chi connectivity index (χ0v) is 17.1. The maximum Gasteiger partial charge on any atom is 0.258 e. The second-order valence-corrected chi connectivity index (χ2v) is 7.20. The van der Waals surface area contributed by atoms with E-state index in [4.69, 9.17) is 5.73 Å². The smallest absolute Gasteiger partial charge is 0.258 e. The van der Waals surface area contributed by atoms with Gasteiger partial charge in [0.15, 0.2) is 0 Å². The van der Waals surface area contributed by atoms with Gasteiger partial charge in [-0.2, -0.15) is 5.21 Å². The van der Waals surface area contributed by atoms with Crippen LogP contribution in [0, 0.1) is 5.92 Å². The summed E-state index contributed by atoms with van der Waals surface area (Å²) < 4.78 is 1.82. The van der Waals surface area contributed by atoms with Crippen LogP contribution < -0.4 is 11.3 Å². The molecule has 7 nitrogen and oxygen atoms in total. The number of rotatable bonds is 5. The van der Waals surface area contributed by atoms with E-state index in [1.807, 2.05) is 53.1 Å². The van der Waals surface area contributed by atoms with Gasteiger partial charge in [-0.1, -0.05) is 50.2 Å². The van der Waals surface area contributed by atoms with Crippen LogP contribution in [0.3, 0.4) is 0 Å². The number of nitrogens with zero attached hydrogens (tertiary/aromatic N) is 4. The van der Waals surface area contributed by atoms with Crippen molar-refractivity contribution < 1.29 is 0 Å². The summed E-state index contributed by atoms with van der Waals surface area (Å²) in [5.74, 6) is 0.809. The first-order valence-electron chi connectivity index (χ1n) is 9.29. The van der Waals surface area contributed by atoms with Crippen molar-refractivity contribution >= 4 is 23.2 Å². The van der Waals surface area contributed by atoms with Crippen LogP contribution in [0.15, 0.2) is 53.3 Å². The lowest BCUT2D eigenvalue weighted by molar-refractivity contribution is 0.499. The molecule has 29 heavy (non-hydrogen) atoms. The Morgan fingerprint density at radius 3 is 2.45 bits per heavy atom. The fourth-order valence-corrected chi connectivity index (χ4v) is 3.62. The van der Waals surface area contributed by atoms with Crippen molar-refractivity contribution in [1.82, 2.24) is 25.2 Å². The SMILES string of the molecule is CC(C)Cn1c(CN)c(-c2ccccc2)c2cc(-c3nn[nH]n3)ccc2c1=O.Cl. The monoisotopic (exact) mass is 410 g/mol. The molecule has 0 aliphatic rings. The Morgan fingerprint density at radius 2 is 1.83 bits per heavy atom. The van der Waals surface area contributed by atoms with Crippen LogP contribution in [0.25, 0.3) is 33.3 Å². The number of tetrazole rings is 1. The molecular formula is C21H23ClN6O. The molecule has 0 amide bonds. The van der Waals surface area contributed by atoms with E-state index < -0.39 is 0 Å².